The van der Waals surface area contributed by atoms with Crippen molar-refractivity contribution in [1.29, 1.82) is 0 Å². The number of carbonyl (C=O) groups is 1. The Labute approximate surface area is 242 Å². The molecule has 0 aliphatic heterocycles. The molecule has 0 N–H and O–H groups in total. The van der Waals surface area contributed by atoms with Crippen molar-refractivity contribution in [2.75, 3.05) is 26.4 Å². The highest BCUT2D eigenvalue weighted by Gasteiger charge is 2.09. The average molecular weight is 552 g/mol. The van der Waals surface area contributed by atoms with Crippen molar-refractivity contribution < 1.29 is 23.7 Å². The summed E-state index contributed by atoms with van der Waals surface area (Å²) in [7, 11) is 0. The van der Waals surface area contributed by atoms with E-state index in [9.17, 15) is 4.79 Å². The maximum atomic E-state index is 11.6. The quantitative estimate of drug-likeness (QED) is 0.0847. The predicted molar refractivity (Wildman–Crippen MR) is 163 cm³/mol. The molecular weight excluding hydrogens is 514 g/mol. The number of hydrogen-bond acceptors (Lipinski definition) is 6. The van der Waals surface area contributed by atoms with Crippen molar-refractivity contribution >= 4 is 12.0 Å². The molecule has 3 aromatic carbocycles. The van der Waals surface area contributed by atoms with Crippen LogP contribution in [0.15, 0.2) is 97.1 Å². The van der Waals surface area contributed by atoms with Crippen molar-refractivity contribution in [1.82, 2.24) is 4.98 Å². The normalized spacial score (nSPS) is 10.9. The van der Waals surface area contributed by atoms with E-state index in [0.717, 1.165) is 47.2 Å². The highest BCUT2D eigenvalue weighted by atomic mass is 16.5. The highest BCUT2D eigenvalue weighted by molar-refractivity contribution is 5.87. The van der Waals surface area contributed by atoms with Gasteiger partial charge in [-0.15, -0.1) is 0 Å². The Hall–Kier alpha value is -4.58. The van der Waals surface area contributed by atoms with Crippen LogP contribution in [0, 0.1) is 0 Å². The first-order valence-corrected chi connectivity index (χ1v) is 14.2. The van der Waals surface area contributed by atoms with Crippen molar-refractivity contribution in [2.45, 2.75) is 33.1 Å². The topological polar surface area (TPSA) is 66.9 Å². The number of carbonyl (C=O) groups excluding carboxylic acids is 1. The number of esters is 1. The van der Waals surface area contributed by atoms with Crippen LogP contribution in [-0.4, -0.2) is 37.4 Å². The molecule has 0 amide bonds. The minimum absolute atomic E-state index is 0.347. The highest BCUT2D eigenvalue weighted by Crippen LogP contribution is 2.30. The van der Waals surface area contributed by atoms with Gasteiger partial charge in [0.25, 0.3) is 0 Å². The van der Waals surface area contributed by atoms with E-state index in [1.165, 1.54) is 6.08 Å². The third-order valence-electron chi connectivity index (χ3n) is 6.24. The molecule has 6 nitrogen and oxygen atoms in total. The zero-order chi connectivity index (χ0) is 28.7. The Kier molecular flexibility index (Phi) is 11.4. The number of rotatable bonds is 15. The zero-order valence-corrected chi connectivity index (χ0v) is 23.8. The van der Waals surface area contributed by atoms with Gasteiger partial charge >= 0.3 is 5.97 Å². The van der Waals surface area contributed by atoms with E-state index < -0.39 is 0 Å². The van der Waals surface area contributed by atoms with Gasteiger partial charge < -0.3 is 18.9 Å². The number of unbranched alkanes of at least 4 members (excludes halogenated alkanes) is 2. The summed E-state index contributed by atoms with van der Waals surface area (Å²) in [5, 5.41) is 0. The largest absolute Gasteiger partial charge is 0.490 e. The summed E-state index contributed by atoms with van der Waals surface area (Å²) in [4.78, 5) is 16.4. The van der Waals surface area contributed by atoms with Crippen LogP contribution < -0.4 is 14.2 Å². The van der Waals surface area contributed by atoms with Gasteiger partial charge in [-0.1, -0.05) is 66.7 Å². The lowest BCUT2D eigenvalue weighted by molar-refractivity contribution is -0.137. The van der Waals surface area contributed by atoms with E-state index in [2.05, 4.69) is 30.3 Å². The SMILES string of the molecule is CCOC(=O)C=Cc1ccc(OCCCCCOc2cc(-c3ccccc3)cc(-c3ccccc3)n2)c(OCC)c1. The number of hydrogen-bond donors (Lipinski definition) is 0. The van der Waals surface area contributed by atoms with Crippen molar-refractivity contribution in [3.8, 4) is 39.8 Å². The van der Waals surface area contributed by atoms with Gasteiger partial charge in [0.2, 0.25) is 5.88 Å². The van der Waals surface area contributed by atoms with Crippen molar-refractivity contribution in [2.24, 2.45) is 0 Å². The van der Waals surface area contributed by atoms with Gasteiger partial charge in [0, 0.05) is 17.7 Å². The fraction of sp³-hybridized carbons (Fsp3) is 0.257. The third-order valence-corrected chi connectivity index (χ3v) is 6.24. The van der Waals surface area contributed by atoms with Crippen LogP contribution in [0.2, 0.25) is 0 Å². The molecule has 0 saturated carbocycles. The molecule has 0 bridgehead atoms. The second-order valence-corrected chi connectivity index (χ2v) is 9.29. The van der Waals surface area contributed by atoms with Gasteiger partial charge in [-0.25, -0.2) is 9.78 Å². The Bertz CT molecular complexity index is 1350. The first-order chi connectivity index (χ1) is 20.2. The molecule has 41 heavy (non-hydrogen) atoms. The van der Waals surface area contributed by atoms with E-state index in [0.29, 0.717) is 43.8 Å². The first kappa shape index (κ1) is 29.4. The number of ether oxygens (including phenoxy) is 4. The summed E-state index contributed by atoms with van der Waals surface area (Å²) < 4.78 is 22.8. The summed E-state index contributed by atoms with van der Waals surface area (Å²) >= 11 is 0. The Balaban J connectivity index is 1.28. The number of aromatic nitrogens is 1. The maximum Gasteiger partial charge on any atom is 0.330 e. The van der Waals surface area contributed by atoms with Gasteiger partial charge in [0.1, 0.15) is 0 Å². The van der Waals surface area contributed by atoms with Crippen LogP contribution in [-0.2, 0) is 9.53 Å². The third kappa shape index (κ3) is 9.24. The van der Waals surface area contributed by atoms with E-state index in [4.69, 9.17) is 23.9 Å². The summed E-state index contributed by atoms with van der Waals surface area (Å²) in [6, 6.07) is 30.2. The lowest BCUT2D eigenvalue weighted by Crippen LogP contribution is -2.04. The molecule has 6 heteroatoms. The van der Waals surface area contributed by atoms with E-state index in [-0.39, 0.29) is 5.97 Å². The van der Waals surface area contributed by atoms with E-state index in [1.54, 1.807) is 13.0 Å². The fourth-order valence-electron chi connectivity index (χ4n) is 4.24. The minimum atomic E-state index is -0.369. The molecule has 1 heterocycles. The molecular formula is C35H37NO5. The Morgan fingerprint density at radius 1 is 0.683 bits per heavy atom. The molecule has 4 rings (SSSR count). The Morgan fingerprint density at radius 2 is 1.39 bits per heavy atom. The predicted octanol–water partition coefficient (Wildman–Crippen LogP) is 8.02. The molecule has 0 spiro atoms. The van der Waals surface area contributed by atoms with Gasteiger partial charge in [0.15, 0.2) is 11.5 Å². The van der Waals surface area contributed by atoms with Gasteiger partial charge in [0.05, 0.1) is 32.1 Å². The van der Waals surface area contributed by atoms with Crippen LogP contribution in [0.1, 0.15) is 38.7 Å². The lowest BCUT2D eigenvalue weighted by atomic mass is 10.0. The molecule has 0 saturated heterocycles. The molecule has 0 aliphatic rings. The second kappa shape index (κ2) is 15.9. The van der Waals surface area contributed by atoms with Crippen LogP contribution in [0.5, 0.6) is 17.4 Å². The molecule has 0 aliphatic carbocycles. The fourth-order valence-corrected chi connectivity index (χ4v) is 4.24. The second-order valence-electron chi connectivity index (χ2n) is 9.29. The minimum Gasteiger partial charge on any atom is -0.490 e. The van der Waals surface area contributed by atoms with E-state index in [1.807, 2.05) is 67.6 Å². The standard InChI is InChI=1S/C35H37NO5/c1-3-38-33-24-27(19-21-35(37)39-4-2)18-20-32(33)40-22-12-7-13-23-41-34-26-30(28-14-8-5-9-15-28)25-31(36-34)29-16-10-6-11-17-29/h5-6,8-11,14-21,24-26H,3-4,7,12-13,22-23H2,1-2H3. The van der Waals surface area contributed by atoms with Crippen LogP contribution in [0.25, 0.3) is 28.5 Å². The number of benzene rings is 3. The summed E-state index contributed by atoms with van der Waals surface area (Å²) in [5.41, 5.74) is 5.00. The van der Waals surface area contributed by atoms with Gasteiger partial charge in [-0.3, -0.25) is 0 Å². The van der Waals surface area contributed by atoms with Crippen LogP contribution in [0.3, 0.4) is 0 Å². The molecule has 0 fully saturated rings. The van der Waals surface area contributed by atoms with Gasteiger partial charge in [-0.05, 0) is 74.1 Å². The summed E-state index contributed by atoms with van der Waals surface area (Å²) in [6.45, 7) is 5.72. The molecule has 212 valence electrons. The van der Waals surface area contributed by atoms with Crippen molar-refractivity contribution in [3.05, 3.63) is 103 Å². The maximum absolute atomic E-state index is 11.6. The van der Waals surface area contributed by atoms with Gasteiger partial charge in [-0.2, -0.15) is 0 Å². The monoisotopic (exact) mass is 551 g/mol. The number of pyridine rings is 1. The zero-order valence-electron chi connectivity index (χ0n) is 23.8. The molecule has 0 radical (unpaired) electrons. The Morgan fingerprint density at radius 3 is 2.10 bits per heavy atom. The summed E-state index contributed by atoms with van der Waals surface area (Å²) in [5.74, 6) is 1.60. The molecule has 1 aromatic heterocycles. The molecule has 0 unspecified atom stereocenters. The van der Waals surface area contributed by atoms with E-state index >= 15 is 0 Å². The lowest BCUT2D eigenvalue weighted by Gasteiger charge is -2.13. The van der Waals surface area contributed by atoms with Crippen LogP contribution >= 0.6 is 0 Å². The number of nitrogens with zero attached hydrogens (tertiary/aromatic N) is 1. The summed E-state index contributed by atoms with van der Waals surface area (Å²) in [6.07, 6.45) is 5.84. The average Bonchev–Trinajstić information content (AvgIpc) is 3.01. The molecule has 0 atom stereocenters. The van der Waals surface area contributed by atoms with Crippen molar-refractivity contribution in [3.63, 3.8) is 0 Å². The van der Waals surface area contributed by atoms with Crippen LogP contribution in [0.4, 0.5) is 0 Å². The first-order valence-electron chi connectivity index (χ1n) is 14.2. The smallest absolute Gasteiger partial charge is 0.330 e. The molecule has 4 aromatic rings.